The van der Waals surface area contributed by atoms with Crippen LogP contribution in [0.2, 0.25) is 0 Å². The molecule has 172 valence electrons. The lowest BCUT2D eigenvalue weighted by atomic mass is 10.1. The van der Waals surface area contributed by atoms with E-state index in [0.29, 0.717) is 11.3 Å². The molecule has 1 N–H and O–H groups in total. The first-order chi connectivity index (χ1) is 16.0. The van der Waals surface area contributed by atoms with Gasteiger partial charge in [-0.15, -0.1) is 0 Å². The van der Waals surface area contributed by atoms with Gasteiger partial charge in [-0.2, -0.15) is 0 Å². The van der Waals surface area contributed by atoms with Crippen molar-refractivity contribution >= 4 is 23.1 Å². The van der Waals surface area contributed by atoms with Crippen molar-refractivity contribution in [3.8, 4) is 0 Å². The van der Waals surface area contributed by atoms with Crippen LogP contribution in [-0.4, -0.2) is 56.1 Å². The molecule has 2 aromatic carbocycles. The van der Waals surface area contributed by atoms with E-state index in [1.165, 1.54) is 11.3 Å². The van der Waals surface area contributed by atoms with Gasteiger partial charge in [-0.1, -0.05) is 30.3 Å². The zero-order chi connectivity index (χ0) is 23.2. The van der Waals surface area contributed by atoms with Crippen molar-refractivity contribution in [2.24, 2.45) is 0 Å². The minimum absolute atomic E-state index is 0.105. The predicted molar refractivity (Wildman–Crippen MR) is 136 cm³/mol. The van der Waals surface area contributed by atoms with Crippen LogP contribution in [0.4, 0.5) is 17.2 Å². The highest BCUT2D eigenvalue weighted by Crippen LogP contribution is 2.19. The minimum atomic E-state index is -0.105. The number of rotatable bonds is 6. The zero-order valence-electron chi connectivity index (χ0n) is 19.8. The number of amides is 1. The van der Waals surface area contributed by atoms with Crippen LogP contribution in [0.1, 0.15) is 27.9 Å². The molecule has 0 atom stereocenters. The van der Waals surface area contributed by atoms with Crippen molar-refractivity contribution in [2.75, 3.05) is 55.4 Å². The van der Waals surface area contributed by atoms with Crippen LogP contribution >= 0.6 is 0 Å². The number of nitrogens with one attached hydrogen (secondary N) is 1. The summed E-state index contributed by atoms with van der Waals surface area (Å²) < 4.78 is 0. The van der Waals surface area contributed by atoms with Gasteiger partial charge < -0.3 is 15.1 Å². The van der Waals surface area contributed by atoms with E-state index in [4.69, 9.17) is 0 Å². The predicted octanol–water partition coefficient (Wildman–Crippen LogP) is 4.42. The second kappa shape index (κ2) is 10.5. The summed E-state index contributed by atoms with van der Waals surface area (Å²) in [6.45, 7) is 6.92. The molecule has 1 amide bonds. The molecular weight excluding hydrogens is 410 g/mol. The molecule has 4 rings (SSSR count). The topological polar surface area (TPSA) is 51.7 Å². The maximum atomic E-state index is 12.5. The van der Waals surface area contributed by atoms with Crippen molar-refractivity contribution in [2.45, 2.75) is 19.9 Å². The van der Waals surface area contributed by atoms with E-state index in [2.05, 4.69) is 63.4 Å². The van der Waals surface area contributed by atoms with Gasteiger partial charge in [-0.05, 0) is 54.8 Å². The zero-order valence-corrected chi connectivity index (χ0v) is 19.8. The molecule has 0 aliphatic carbocycles. The van der Waals surface area contributed by atoms with Gasteiger partial charge in [-0.25, -0.2) is 4.98 Å². The highest BCUT2D eigenvalue weighted by Gasteiger charge is 2.17. The third-order valence-electron chi connectivity index (χ3n) is 6.17. The van der Waals surface area contributed by atoms with Gasteiger partial charge in [0.2, 0.25) is 0 Å². The second-order valence-corrected chi connectivity index (χ2v) is 8.85. The fourth-order valence-electron chi connectivity index (χ4n) is 4.19. The monoisotopic (exact) mass is 443 g/mol. The molecule has 0 unspecified atom stereocenters. The summed E-state index contributed by atoms with van der Waals surface area (Å²) in [6, 6.07) is 20.4. The highest BCUT2D eigenvalue weighted by molar-refractivity contribution is 6.05. The molecule has 0 bridgehead atoms. The Balaban J connectivity index is 1.32. The number of aryl methyl sites for hydroxylation is 1. The summed E-state index contributed by atoms with van der Waals surface area (Å²) in [6.07, 6.45) is 2.85. The van der Waals surface area contributed by atoms with Crippen LogP contribution in [0, 0.1) is 6.92 Å². The summed E-state index contributed by atoms with van der Waals surface area (Å²) >= 11 is 0. The lowest BCUT2D eigenvalue weighted by Gasteiger charge is -2.23. The molecule has 6 nitrogen and oxygen atoms in total. The lowest BCUT2D eigenvalue weighted by Crippen LogP contribution is -2.31. The fourth-order valence-corrected chi connectivity index (χ4v) is 4.19. The SMILES string of the molecule is Cc1ccccc1C(=O)Nc1ccc(N2CCCN(Cc3ccc(N(C)C)cc3)CC2)nc1. The van der Waals surface area contributed by atoms with Crippen LogP contribution < -0.4 is 15.1 Å². The van der Waals surface area contributed by atoms with E-state index < -0.39 is 0 Å². The average Bonchev–Trinajstić information content (AvgIpc) is 3.06. The van der Waals surface area contributed by atoms with Gasteiger partial charge in [-0.3, -0.25) is 9.69 Å². The Morgan fingerprint density at radius 2 is 1.76 bits per heavy atom. The molecule has 3 aromatic rings. The number of nitrogens with zero attached hydrogens (tertiary/aromatic N) is 4. The fraction of sp³-hybridized carbons (Fsp3) is 0.333. The first-order valence-corrected chi connectivity index (χ1v) is 11.6. The van der Waals surface area contributed by atoms with Crippen molar-refractivity contribution in [1.29, 1.82) is 0 Å². The first kappa shape index (κ1) is 22.8. The van der Waals surface area contributed by atoms with E-state index in [1.807, 2.05) is 43.3 Å². The van der Waals surface area contributed by atoms with Crippen LogP contribution in [0.25, 0.3) is 0 Å². The van der Waals surface area contributed by atoms with Gasteiger partial charge in [0.1, 0.15) is 5.82 Å². The Hall–Kier alpha value is -3.38. The van der Waals surface area contributed by atoms with Gasteiger partial charge in [0.05, 0.1) is 11.9 Å². The molecule has 0 radical (unpaired) electrons. The third-order valence-corrected chi connectivity index (χ3v) is 6.17. The highest BCUT2D eigenvalue weighted by atomic mass is 16.1. The number of carbonyl (C=O) groups is 1. The quantitative estimate of drug-likeness (QED) is 0.611. The molecule has 1 saturated heterocycles. The van der Waals surface area contributed by atoms with E-state index in [-0.39, 0.29) is 5.91 Å². The summed E-state index contributed by atoms with van der Waals surface area (Å²) in [5.41, 5.74) is 4.93. The Morgan fingerprint density at radius 3 is 2.45 bits per heavy atom. The Labute approximate surface area is 196 Å². The summed E-state index contributed by atoms with van der Waals surface area (Å²) in [5.74, 6) is 0.854. The number of hydrogen-bond donors (Lipinski definition) is 1. The van der Waals surface area contributed by atoms with Crippen molar-refractivity contribution in [1.82, 2.24) is 9.88 Å². The molecule has 2 heterocycles. The van der Waals surface area contributed by atoms with Crippen LogP contribution in [-0.2, 0) is 6.54 Å². The molecule has 33 heavy (non-hydrogen) atoms. The van der Waals surface area contributed by atoms with Crippen LogP contribution in [0.15, 0.2) is 66.9 Å². The molecule has 1 aromatic heterocycles. The second-order valence-electron chi connectivity index (χ2n) is 8.85. The number of benzene rings is 2. The normalized spacial score (nSPS) is 14.6. The van der Waals surface area contributed by atoms with Crippen molar-refractivity contribution in [3.05, 3.63) is 83.6 Å². The summed E-state index contributed by atoms with van der Waals surface area (Å²) in [7, 11) is 4.13. The number of carbonyl (C=O) groups excluding carboxylic acids is 1. The third kappa shape index (κ3) is 5.90. The van der Waals surface area contributed by atoms with Gasteiger partial charge in [0.15, 0.2) is 0 Å². The maximum absolute atomic E-state index is 12.5. The van der Waals surface area contributed by atoms with Crippen molar-refractivity contribution in [3.63, 3.8) is 0 Å². The molecule has 1 aliphatic heterocycles. The van der Waals surface area contributed by atoms with E-state index in [9.17, 15) is 4.79 Å². The smallest absolute Gasteiger partial charge is 0.255 e. The maximum Gasteiger partial charge on any atom is 0.255 e. The number of aromatic nitrogens is 1. The van der Waals surface area contributed by atoms with E-state index >= 15 is 0 Å². The van der Waals surface area contributed by atoms with Gasteiger partial charge >= 0.3 is 0 Å². The average molecular weight is 444 g/mol. The van der Waals surface area contributed by atoms with E-state index in [1.54, 1.807) is 6.20 Å². The largest absolute Gasteiger partial charge is 0.378 e. The Morgan fingerprint density at radius 1 is 0.970 bits per heavy atom. The summed E-state index contributed by atoms with van der Waals surface area (Å²) in [5, 5.41) is 2.96. The molecular formula is C27H33N5O. The standard InChI is InChI=1S/C27H33N5O/c1-21-7-4-5-8-25(21)27(33)29-23-11-14-26(28-19-23)32-16-6-15-31(17-18-32)20-22-9-12-24(13-10-22)30(2)3/h4-5,7-14,19H,6,15-18,20H2,1-3H3,(H,29,33). The molecule has 1 fully saturated rings. The lowest BCUT2D eigenvalue weighted by molar-refractivity contribution is 0.102. The van der Waals surface area contributed by atoms with E-state index in [0.717, 1.165) is 50.5 Å². The number of anilines is 3. The number of pyridine rings is 1. The summed E-state index contributed by atoms with van der Waals surface area (Å²) in [4.78, 5) is 24.2. The van der Waals surface area contributed by atoms with Crippen molar-refractivity contribution < 1.29 is 4.79 Å². The van der Waals surface area contributed by atoms with Gasteiger partial charge in [0, 0.05) is 58.1 Å². The first-order valence-electron chi connectivity index (χ1n) is 11.6. The molecule has 0 spiro atoms. The minimum Gasteiger partial charge on any atom is -0.378 e. The molecule has 6 heteroatoms. The Bertz CT molecular complexity index is 1060. The van der Waals surface area contributed by atoms with Gasteiger partial charge in [0.25, 0.3) is 5.91 Å². The molecule has 0 saturated carbocycles. The Kier molecular flexibility index (Phi) is 7.25. The van der Waals surface area contributed by atoms with Crippen LogP contribution in [0.3, 0.4) is 0 Å². The van der Waals surface area contributed by atoms with Crippen LogP contribution in [0.5, 0.6) is 0 Å². The molecule has 1 aliphatic rings. The number of hydrogen-bond acceptors (Lipinski definition) is 5.